The Kier molecular flexibility index (Phi) is 3.99. The zero-order valence-electron chi connectivity index (χ0n) is 7.96. The Morgan fingerprint density at radius 1 is 1.15 bits per heavy atom. The molecule has 13 heavy (non-hydrogen) atoms. The Balaban J connectivity index is 3.07. The van der Waals surface area contributed by atoms with Crippen molar-refractivity contribution in [2.75, 3.05) is 12.3 Å². The molecule has 0 atom stereocenters. The van der Waals surface area contributed by atoms with Crippen molar-refractivity contribution in [2.45, 2.75) is 13.8 Å². The van der Waals surface area contributed by atoms with E-state index >= 15 is 0 Å². The standard InChI is InChI=1S/C10H14IOP/c1-3-13(12,4-2)10-7-5-9(11)6-8-10/h5-8H,3-4H2,1-2H3. The molecule has 0 heterocycles. The molecule has 1 aromatic rings. The van der Waals surface area contributed by atoms with Crippen LogP contribution in [0.15, 0.2) is 24.3 Å². The molecule has 3 heteroatoms. The van der Waals surface area contributed by atoms with Crippen LogP contribution in [-0.4, -0.2) is 12.3 Å². The summed E-state index contributed by atoms with van der Waals surface area (Å²) in [6.45, 7) is 4.00. The first-order chi connectivity index (χ1) is 6.12. The van der Waals surface area contributed by atoms with E-state index in [2.05, 4.69) is 22.6 Å². The first kappa shape index (κ1) is 11.3. The molecule has 72 valence electrons. The van der Waals surface area contributed by atoms with Gasteiger partial charge in [-0.15, -0.1) is 0 Å². The van der Waals surface area contributed by atoms with Crippen molar-refractivity contribution in [2.24, 2.45) is 0 Å². The molecule has 0 radical (unpaired) electrons. The zero-order valence-corrected chi connectivity index (χ0v) is 11.0. The predicted octanol–water partition coefficient (Wildman–Crippen LogP) is 3.32. The van der Waals surface area contributed by atoms with Crippen LogP contribution < -0.4 is 5.30 Å². The second-order valence-corrected chi connectivity index (χ2v) is 7.80. The van der Waals surface area contributed by atoms with Gasteiger partial charge in [-0.3, -0.25) is 0 Å². The maximum absolute atomic E-state index is 12.3. The van der Waals surface area contributed by atoms with Crippen LogP contribution in [0.25, 0.3) is 0 Å². The van der Waals surface area contributed by atoms with Crippen molar-refractivity contribution in [3.05, 3.63) is 27.8 Å². The molecule has 0 saturated heterocycles. The molecule has 0 aromatic heterocycles. The summed E-state index contributed by atoms with van der Waals surface area (Å²) in [6, 6.07) is 8.03. The number of hydrogen-bond donors (Lipinski definition) is 0. The van der Waals surface area contributed by atoms with Gasteiger partial charge in [-0.05, 0) is 34.7 Å². The van der Waals surface area contributed by atoms with E-state index in [4.69, 9.17) is 0 Å². The zero-order chi connectivity index (χ0) is 9.90. The smallest absolute Gasteiger partial charge is 0.115 e. The molecule has 1 aromatic carbocycles. The number of hydrogen-bond acceptors (Lipinski definition) is 1. The van der Waals surface area contributed by atoms with Gasteiger partial charge >= 0.3 is 0 Å². The van der Waals surface area contributed by atoms with Gasteiger partial charge in [0.05, 0.1) is 0 Å². The van der Waals surface area contributed by atoms with E-state index in [0.29, 0.717) is 0 Å². The van der Waals surface area contributed by atoms with Gasteiger partial charge in [-0.25, -0.2) is 0 Å². The Morgan fingerprint density at radius 2 is 1.62 bits per heavy atom. The van der Waals surface area contributed by atoms with E-state index in [-0.39, 0.29) is 0 Å². The van der Waals surface area contributed by atoms with Gasteiger partial charge in [0.25, 0.3) is 0 Å². The molecular weight excluding hydrogens is 294 g/mol. The van der Waals surface area contributed by atoms with Gasteiger partial charge in [-0.1, -0.05) is 26.0 Å². The summed E-state index contributed by atoms with van der Waals surface area (Å²) < 4.78 is 13.5. The summed E-state index contributed by atoms with van der Waals surface area (Å²) in [4.78, 5) is 0. The van der Waals surface area contributed by atoms with Crippen LogP contribution in [0.5, 0.6) is 0 Å². The third-order valence-electron chi connectivity index (χ3n) is 2.32. The number of rotatable bonds is 3. The molecule has 1 rings (SSSR count). The first-order valence-electron chi connectivity index (χ1n) is 4.46. The average molecular weight is 308 g/mol. The quantitative estimate of drug-likeness (QED) is 0.618. The Labute approximate surface area is 93.4 Å². The van der Waals surface area contributed by atoms with Crippen LogP contribution in [0.2, 0.25) is 0 Å². The van der Waals surface area contributed by atoms with Crippen LogP contribution in [0.3, 0.4) is 0 Å². The van der Waals surface area contributed by atoms with Gasteiger partial charge in [0.15, 0.2) is 0 Å². The van der Waals surface area contributed by atoms with Gasteiger partial charge in [0.1, 0.15) is 7.14 Å². The minimum Gasteiger partial charge on any atom is -0.319 e. The molecular formula is C10H14IOP. The first-order valence-corrected chi connectivity index (χ1v) is 7.62. The van der Waals surface area contributed by atoms with E-state index in [1.165, 1.54) is 3.57 Å². The van der Waals surface area contributed by atoms with Crippen molar-refractivity contribution in [1.82, 2.24) is 0 Å². The minimum atomic E-state index is -2.06. The van der Waals surface area contributed by atoms with E-state index in [0.717, 1.165) is 17.6 Å². The van der Waals surface area contributed by atoms with Gasteiger partial charge in [0, 0.05) is 21.2 Å². The van der Waals surface area contributed by atoms with E-state index in [1.807, 2.05) is 38.1 Å². The third kappa shape index (κ3) is 2.57. The second kappa shape index (κ2) is 4.61. The van der Waals surface area contributed by atoms with Crippen LogP contribution >= 0.6 is 29.7 Å². The molecule has 0 unspecified atom stereocenters. The molecule has 0 fully saturated rings. The lowest BCUT2D eigenvalue weighted by Crippen LogP contribution is -2.08. The fourth-order valence-corrected chi connectivity index (χ4v) is 3.53. The Hall–Kier alpha value is 0.180. The highest BCUT2D eigenvalue weighted by Crippen LogP contribution is 2.43. The molecule has 1 nitrogen and oxygen atoms in total. The molecule has 0 aliphatic heterocycles. The summed E-state index contributed by atoms with van der Waals surface area (Å²) in [7, 11) is -2.06. The molecule has 0 spiro atoms. The van der Waals surface area contributed by atoms with Crippen LogP contribution in [0.1, 0.15) is 13.8 Å². The molecule has 0 aliphatic rings. The monoisotopic (exact) mass is 308 g/mol. The molecule has 0 bridgehead atoms. The van der Waals surface area contributed by atoms with Crippen LogP contribution in [0.4, 0.5) is 0 Å². The van der Waals surface area contributed by atoms with Crippen molar-refractivity contribution < 1.29 is 4.57 Å². The minimum absolute atomic E-state index is 0.768. The fraction of sp³-hybridized carbons (Fsp3) is 0.400. The number of benzene rings is 1. The normalized spacial score (nSPS) is 11.6. The maximum Gasteiger partial charge on any atom is 0.115 e. The fourth-order valence-electron chi connectivity index (χ4n) is 1.30. The highest BCUT2D eigenvalue weighted by atomic mass is 127. The van der Waals surface area contributed by atoms with Crippen molar-refractivity contribution in [3.63, 3.8) is 0 Å². The second-order valence-electron chi connectivity index (χ2n) is 3.00. The van der Waals surface area contributed by atoms with Crippen molar-refractivity contribution >= 4 is 35.0 Å². The SMILES string of the molecule is CCP(=O)(CC)c1ccc(I)cc1. The van der Waals surface area contributed by atoms with Crippen molar-refractivity contribution in [3.8, 4) is 0 Å². The molecule has 0 saturated carbocycles. The van der Waals surface area contributed by atoms with Gasteiger partial charge in [0.2, 0.25) is 0 Å². The lowest BCUT2D eigenvalue weighted by atomic mass is 10.4. The van der Waals surface area contributed by atoms with Crippen LogP contribution in [0, 0.1) is 3.57 Å². The summed E-state index contributed by atoms with van der Waals surface area (Å²) >= 11 is 2.26. The highest BCUT2D eigenvalue weighted by Gasteiger charge is 2.18. The summed E-state index contributed by atoms with van der Waals surface area (Å²) in [5.74, 6) is 0. The maximum atomic E-state index is 12.3. The lowest BCUT2D eigenvalue weighted by molar-refractivity contribution is 0.582. The Morgan fingerprint density at radius 3 is 2.00 bits per heavy atom. The predicted molar refractivity (Wildman–Crippen MR) is 67.5 cm³/mol. The summed E-state index contributed by atoms with van der Waals surface area (Å²) in [5.41, 5.74) is 0. The summed E-state index contributed by atoms with van der Waals surface area (Å²) in [6.07, 6.45) is 1.54. The molecule has 0 N–H and O–H groups in total. The van der Waals surface area contributed by atoms with Crippen molar-refractivity contribution in [1.29, 1.82) is 0 Å². The number of halogens is 1. The van der Waals surface area contributed by atoms with Gasteiger partial charge in [-0.2, -0.15) is 0 Å². The Bertz CT molecular complexity index is 310. The lowest BCUT2D eigenvalue weighted by Gasteiger charge is -2.14. The van der Waals surface area contributed by atoms with E-state index in [1.54, 1.807) is 0 Å². The largest absolute Gasteiger partial charge is 0.319 e. The van der Waals surface area contributed by atoms with Crippen LogP contribution in [-0.2, 0) is 4.57 Å². The topological polar surface area (TPSA) is 17.1 Å². The average Bonchev–Trinajstić information content (AvgIpc) is 2.18. The molecule has 0 aliphatic carbocycles. The van der Waals surface area contributed by atoms with Gasteiger partial charge < -0.3 is 4.57 Å². The molecule has 0 amide bonds. The highest BCUT2D eigenvalue weighted by molar-refractivity contribution is 14.1. The third-order valence-corrected chi connectivity index (χ3v) is 6.32. The summed E-state index contributed by atoms with van der Waals surface area (Å²) in [5, 5.41) is 1.03. The van der Waals surface area contributed by atoms with E-state index in [9.17, 15) is 4.57 Å². The van der Waals surface area contributed by atoms with E-state index < -0.39 is 7.14 Å².